The molecule has 0 spiro atoms. The van der Waals surface area contributed by atoms with Crippen molar-refractivity contribution < 1.29 is 9.84 Å². The first kappa shape index (κ1) is 15.4. The zero-order chi connectivity index (χ0) is 14.7. The van der Waals surface area contributed by atoms with Crippen molar-refractivity contribution in [3.63, 3.8) is 0 Å². The van der Waals surface area contributed by atoms with Crippen molar-refractivity contribution in [3.05, 3.63) is 62.6 Å². The molecule has 0 aliphatic carbocycles. The number of benzene rings is 2. The zero-order valence-electron chi connectivity index (χ0n) is 11.4. The fourth-order valence-electron chi connectivity index (χ4n) is 2.15. The molecule has 20 heavy (non-hydrogen) atoms. The van der Waals surface area contributed by atoms with Gasteiger partial charge in [0.1, 0.15) is 5.75 Å². The van der Waals surface area contributed by atoms with E-state index >= 15 is 0 Å². The van der Waals surface area contributed by atoms with Gasteiger partial charge in [0.05, 0.1) is 13.2 Å². The largest absolute Gasteiger partial charge is 0.496 e. The van der Waals surface area contributed by atoms with E-state index in [1.165, 1.54) is 0 Å². The van der Waals surface area contributed by atoms with Crippen LogP contribution in [0.4, 0.5) is 0 Å². The number of aliphatic hydroxyl groups excluding tert-OH is 1. The van der Waals surface area contributed by atoms with Crippen LogP contribution in [0.15, 0.2) is 40.9 Å². The van der Waals surface area contributed by atoms with Crippen molar-refractivity contribution in [3.8, 4) is 5.75 Å². The highest BCUT2D eigenvalue weighted by Gasteiger charge is 2.16. The van der Waals surface area contributed by atoms with Gasteiger partial charge in [-0.05, 0) is 41.8 Å². The van der Waals surface area contributed by atoms with Crippen LogP contribution >= 0.6 is 27.5 Å². The van der Waals surface area contributed by atoms with Crippen LogP contribution in [0.1, 0.15) is 22.8 Å². The van der Waals surface area contributed by atoms with Gasteiger partial charge in [0.15, 0.2) is 0 Å². The van der Waals surface area contributed by atoms with Gasteiger partial charge in [-0.3, -0.25) is 0 Å². The van der Waals surface area contributed by atoms with Crippen LogP contribution in [0.25, 0.3) is 0 Å². The Morgan fingerprint density at radius 2 is 2.05 bits per heavy atom. The number of halogens is 2. The van der Waals surface area contributed by atoms with E-state index in [2.05, 4.69) is 15.9 Å². The van der Waals surface area contributed by atoms with E-state index in [0.29, 0.717) is 11.4 Å². The molecule has 0 aliphatic rings. The number of methoxy groups -OCH3 is 1. The Kier molecular flexibility index (Phi) is 5.08. The summed E-state index contributed by atoms with van der Waals surface area (Å²) in [5.41, 5.74) is 2.64. The number of rotatable bonds is 4. The third-order valence-electron chi connectivity index (χ3n) is 3.24. The number of hydrogen-bond donors (Lipinski definition) is 1. The van der Waals surface area contributed by atoms with Crippen molar-refractivity contribution in [2.45, 2.75) is 19.4 Å². The Morgan fingerprint density at radius 3 is 2.75 bits per heavy atom. The number of ether oxygens (including phenoxy) is 1. The first-order chi connectivity index (χ1) is 9.52. The lowest BCUT2D eigenvalue weighted by Gasteiger charge is -2.16. The summed E-state index contributed by atoms with van der Waals surface area (Å²) < 4.78 is 6.28. The van der Waals surface area contributed by atoms with Gasteiger partial charge in [0, 0.05) is 15.9 Å². The first-order valence-electron chi connectivity index (χ1n) is 6.28. The van der Waals surface area contributed by atoms with E-state index in [9.17, 15) is 5.11 Å². The van der Waals surface area contributed by atoms with Crippen LogP contribution in [0.3, 0.4) is 0 Å². The number of aliphatic hydroxyl groups is 1. The zero-order valence-corrected chi connectivity index (χ0v) is 13.7. The molecule has 1 N–H and O–H groups in total. The van der Waals surface area contributed by atoms with Gasteiger partial charge in [-0.1, -0.05) is 45.7 Å². The smallest absolute Gasteiger partial charge is 0.122 e. The highest BCUT2D eigenvalue weighted by molar-refractivity contribution is 9.10. The molecular formula is C16H16BrClO2. The molecule has 0 saturated carbocycles. The van der Waals surface area contributed by atoms with E-state index in [-0.39, 0.29) is 0 Å². The topological polar surface area (TPSA) is 29.5 Å². The minimum Gasteiger partial charge on any atom is -0.496 e. The van der Waals surface area contributed by atoms with E-state index in [4.69, 9.17) is 16.3 Å². The lowest BCUT2D eigenvalue weighted by Crippen LogP contribution is -2.04. The van der Waals surface area contributed by atoms with E-state index in [1.54, 1.807) is 7.11 Å². The molecule has 0 radical (unpaired) electrons. The van der Waals surface area contributed by atoms with Crippen LogP contribution in [0.2, 0.25) is 5.02 Å². The summed E-state index contributed by atoms with van der Waals surface area (Å²) >= 11 is 9.69. The molecule has 0 heterocycles. The standard InChI is InChI=1S/C16H16BrClO2/c1-10-4-3-5-13(16(10)18)14(19)9-11-8-12(17)6-7-15(11)20-2/h3-8,14,19H,9H2,1-2H3. The van der Waals surface area contributed by atoms with Crippen LogP contribution < -0.4 is 4.74 Å². The fraction of sp³-hybridized carbons (Fsp3) is 0.250. The molecule has 0 bridgehead atoms. The summed E-state index contributed by atoms with van der Waals surface area (Å²) in [5, 5.41) is 11.1. The monoisotopic (exact) mass is 354 g/mol. The molecule has 2 aromatic rings. The Labute approximate surface area is 132 Å². The maximum absolute atomic E-state index is 10.4. The van der Waals surface area contributed by atoms with Crippen molar-refractivity contribution in [1.29, 1.82) is 0 Å². The number of aryl methyl sites for hydroxylation is 1. The molecule has 0 amide bonds. The minimum absolute atomic E-state index is 0.450. The SMILES string of the molecule is COc1ccc(Br)cc1CC(O)c1cccc(C)c1Cl. The molecule has 0 fully saturated rings. The van der Waals surface area contributed by atoms with Gasteiger partial charge < -0.3 is 9.84 Å². The molecule has 1 unspecified atom stereocenters. The van der Waals surface area contributed by atoms with Crippen LogP contribution in [0.5, 0.6) is 5.75 Å². The fourth-order valence-corrected chi connectivity index (χ4v) is 2.81. The van der Waals surface area contributed by atoms with E-state index in [0.717, 1.165) is 26.9 Å². The average molecular weight is 356 g/mol. The van der Waals surface area contributed by atoms with Crippen molar-refractivity contribution in [1.82, 2.24) is 0 Å². The summed E-state index contributed by atoms with van der Waals surface area (Å²) in [7, 11) is 1.62. The van der Waals surface area contributed by atoms with Gasteiger partial charge in [-0.15, -0.1) is 0 Å². The molecule has 2 rings (SSSR count). The molecule has 0 saturated heterocycles. The predicted octanol–water partition coefficient (Wildman–Crippen LogP) is 4.70. The van der Waals surface area contributed by atoms with Gasteiger partial charge in [-0.2, -0.15) is 0 Å². The third-order valence-corrected chi connectivity index (χ3v) is 4.25. The maximum Gasteiger partial charge on any atom is 0.122 e. The summed E-state index contributed by atoms with van der Waals surface area (Å²) in [5.74, 6) is 0.760. The first-order valence-corrected chi connectivity index (χ1v) is 7.45. The summed E-state index contributed by atoms with van der Waals surface area (Å²) in [4.78, 5) is 0. The maximum atomic E-state index is 10.4. The molecule has 2 aromatic carbocycles. The third kappa shape index (κ3) is 3.35. The highest BCUT2D eigenvalue weighted by Crippen LogP contribution is 2.31. The van der Waals surface area contributed by atoms with Crippen molar-refractivity contribution >= 4 is 27.5 Å². The average Bonchev–Trinajstić information content (AvgIpc) is 2.42. The van der Waals surface area contributed by atoms with Gasteiger partial charge in [-0.25, -0.2) is 0 Å². The quantitative estimate of drug-likeness (QED) is 0.861. The van der Waals surface area contributed by atoms with Crippen LogP contribution in [-0.4, -0.2) is 12.2 Å². The molecule has 0 aromatic heterocycles. The Balaban J connectivity index is 2.30. The second-order valence-electron chi connectivity index (χ2n) is 4.65. The Morgan fingerprint density at radius 1 is 1.30 bits per heavy atom. The van der Waals surface area contributed by atoms with Gasteiger partial charge >= 0.3 is 0 Å². The highest BCUT2D eigenvalue weighted by atomic mass is 79.9. The number of hydrogen-bond acceptors (Lipinski definition) is 2. The second kappa shape index (κ2) is 6.61. The molecule has 1 atom stereocenters. The van der Waals surface area contributed by atoms with E-state index in [1.807, 2.05) is 43.3 Å². The molecular weight excluding hydrogens is 340 g/mol. The minimum atomic E-state index is -0.661. The van der Waals surface area contributed by atoms with Gasteiger partial charge in [0.2, 0.25) is 0 Å². The second-order valence-corrected chi connectivity index (χ2v) is 5.95. The van der Waals surface area contributed by atoms with Crippen LogP contribution in [0, 0.1) is 6.92 Å². The summed E-state index contributed by atoms with van der Waals surface area (Å²) in [6.45, 7) is 1.93. The lowest BCUT2D eigenvalue weighted by molar-refractivity contribution is 0.177. The predicted molar refractivity (Wildman–Crippen MR) is 85.5 cm³/mol. The van der Waals surface area contributed by atoms with Crippen molar-refractivity contribution in [2.24, 2.45) is 0 Å². The molecule has 2 nitrogen and oxygen atoms in total. The molecule has 4 heteroatoms. The Bertz CT molecular complexity index is 613. The molecule has 106 valence electrons. The summed E-state index contributed by atoms with van der Waals surface area (Å²) in [6, 6.07) is 11.4. The molecule has 0 aliphatic heterocycles. The van der Waals surface area contributed by atoms with Crippen LogP contribution in [-0.2, 0) is 6.42 Å². The summed E-state index contributed by atoms with van der Waals surface area (Å²) in [6.07, 6.45) is -0.211. The van der Waals surface area contributed by atoms with E-state index < -0.39 is 6.10 Å². The normalized spacial score (nSPS) is 12.2. The van der Waals surface area contributed by atoms with Crippen molar-refractivity contribution in [2.75, 3.05) is 7.11 Å². The lowest BCUT2D eigenvalue weighted by atomic mass is 9.99. The van der Waals surface area contributed by atoms with Gasteiger partial charge in [0.25, 0.3) is 0 Å². The Hall–Kier alpha value is -1.03.